The molecule has 0 amide bonds. The molecule has 0 aromatic heterocycles. The summed E-state index contributed by atoms with van der Waals surface area (Å²) in [5.74, 6) is 0. The molecule has 2 heteroatoms. The molecule has 1 aliphatic rings. The van der Waals surface area contributed by atoms with E-state index >= 15 is 0 Å². The van der Waals surface area contributed by atoms with E-state index < -0.39 is 0 Å². The van der Waals surface area contributed by atoms with Gasteiger partial charge >= 0.3 is 0 Å². The van der Waals surface area contributed by atoms with Crippen LogP contribution in [0.5, 0.6) is 0 Å². The molecule has 0 radical (unpaired) electrons. The Hall–Kier alpha value is -1.12. The summed E-state index contributed by atoms with van der Waals surface area (Å²) in [6.45, 7) is 7.91. The van der Waals surface area contributed by atoms with Crippen molar-refractivity contribution in [1.82, 2.24) is 5.32 Å². The highest BCUT2D eigenvalue weighted by Gasteiger charge is 2.40. The summed E-state index contributed by atoms with van der Waals surface area (Å²) in [6, 6.07) is 11.3. The van der Waals surface area contributed by atoms with Crippen LogP contribution in [0.25, 0.3) is 0 Å². The second kappa shape index (κ2) is 6.36. The Morgan fingerprint density at radius 2 is 1.95 bits per heavy atom. The van der Waals surface area contributed by atoms with Crippen LogP contribution in [-0.4, -0.2) is 26.3 Å². The Kier molecular flexibility index (Phi) is 4.78. The van der Waals surface area contributed by atoms with Crippen molar-refractivity contribution in [3.8, 4) is 0 Å². The van der Waals surface area contributed by atoms with Gasteiger partial charge in [0.25, 0.3) is 0 Å². The molecule has 2 rings (SSSR count). The number of rotatable bonds is 5. The largest absolute Gasteiger partial charge is 0.381 e. The van der Waals surface area contributed by atoms with Crippen LogP contribution >= 0.6 is 0 Å². The minimum atomic E-state index is 0.174. The molecule has 0 saturated carbocycles. The van der Waals surface area contributed by atoms with E-state index in [1.165, 1.54) is 11.1 Å². The van der Waals surface area contributed by atoms with E-state index in [9.17, 15) is 0 Å². The molecule has 1 aromatic carbocycles. The fourth-order valence-corrected chi connectivity index (χ4v) is 3.27. The van der Waals surface area contributed by atoms with Crippen LogP contribution in [0.2, 0.25) is 0 Å². The predicted molar refractivity (Wildman–Crippen MR) is 80.5 cm³/mol. The van der Waals surface area contributed by atoms with Gasteiger partial charge in [-0.05, 0) is 38.8 Å². The van der Waals surface area contributed by atoms with E-state index in [-0.39, 0.29) is 5.41 Å². The normalized spacial score (nSPS) is 19.9. The summed E-state index contributed by atoms with van der Waals surface area (Å²) in [4.78, 5) is 0. The number of hydrogen-bond donors (Lipinski definition) is 1. The smallest absolute Gasteiger partial charge is 0.0475 e. The highest BCUT2D eigenvalue weighted by atomic mass is 16.5. The second-order valence-electron chi connectivity index (χ2n) is 5.64. The number of nitrogens with one attached hydrogen (secondary N) is 1. The van der Waals surface area contributed by atoms with Crippen molar-refractivity contribution in [2.45, 2.75) is 37.6 Å². The van der Waals surface area contributed by atoms with E-state index in [1.54, 1.807) is 0 Å². The molecule has 1 saturated heterocycles. The highest BCUT2D eigenvalue weighted by Crippen LogP contribution is 2.39. The Balaban J connectivity index is 2.35. The van der Waals surface area contributed by atoms with Crippen LogP contribution < -0.4 is 5.32 Å². The molecule has 1 aromatic rings. The van der Waals surface area contributed by atoms with E-state index in [1.807, 2.05) is 0 Å². The standard InChI is InChI=1S/C17H25NO/c1-14(2)13-16(18-3)17(9-11-19-12-10-17)15-7-5-4-6-8-15/h4-8,16,18H,1,9-13H2,2-3H3. The minimum Gasteiger partial charge on any atom is -0.381 e. The maximum atomic E-state index is 5.60. The average Bonchev–Trinajstić information content (AvgIpc) is 2.46. The lowest BCUT2D eigenvalue weighted by Gasteiger charge is -2.44. The third kappa shape index (κ3) is 3.07. The lowest BCUT2D eigenvalue weighted by molar-refractivity contribution is 0.0355. The van der Waals surface area contributed by atoms with Gasteiger partial charge in [0.15, 0.2) is 0 Å². The zero-order valence-electron chi connectivity index (χ0n) is 12.1. The first kappa shape index (κ1) is 14.3. The molecule has 1 heterocycles. The summed E-state index contributed by atoms with van der Waals surface area (Å²) in [5.41, 5.74) is 2.84. The van der Waals surface area contributed by atoms with E-state index in [0.29, 0.717) is 6.04 Å². The molecule has 1 unspecified atom stereocenters. The van der Waals surface area contributed by atoms with Gasteiger partial charge in [0.1, 0.15) is 0 Å². The zero-order chi connectivity index (χ0) is 13.7. The first-order valence-electron chi connectivity index (χ1n) is 7.14. The van der Waals surface area contributed by atoms with Crippen LogP contribution in [0.1, 0.15) is 31.7 Å². The summed E-state index contributed by atoms with van der Waals surface area (Å²) >= 11 is 0. The van der Waals surface area contributed by atoms with Crippen molar-refractivity contribution >= 4 is 0 Å². The van der Waals surface area contributed by atoms with E-state index in [2.05, 4.69) is 56.2 Å². The summed E-state index contributed by atoms with van der Waals surface area (Å²) in [5, 5.41) is 3.53. The third-order valence-electron chi connectivity index (χ3n) is 4.30. The topological polar surface area (TPSA) is 21.3 Å². The number of ether oxygens (including phenoxy) is 1. The summed E-state index contributed by atoms with van der Waals surface area (Å²) < 4.78 is 5.60. The summed E-state index contributed by atoms with van der Waals surface area (Å²) in [7, 11) is 2.06. The highest BCUT2D eigenvalue weighted by molar-refractivity contribution is 5.29. The average molecular weight is 259 g/mol. The van der Waals surface area contributed by atoms with Gasteiger partial charge in [-0.3, -0.25) is 0 Å². The van der Waals surface area contributed by atoms with Crippen molar-refractivity contribution < 1.29 is 4.74 Å². The van der Waals surface area contributed by atoms with Crippen molar-refractivity contribution in [1.29, 1.82) is 0 Å². The summed E-state index contributed by atoms with van der Waals surface area (Å²) in [6.07, 6.45) is 3.18. The molecular weight excluding hydrogens is 234 g/mol. The van der Waals surface area contributed by atoms with Gasteiger partial charge in [0.05, 0.1) is 0 Å². The Bertz CT molecular complexity index is 407. The number of hydrogen-bond acceptors (Lipinski definition) is 2. The Labute approximate surface area is 116 Å². The van der Waals surface area contributed by atoms with Crippen molar-refractivity contribution in [3.63, 3.8) is 0 Å². The van der Waals surface area contributed by atoms with Gasteiger partial charge in [0.2, 0.25) is 0 Å². The molecule has 1 atom stereocenters. The zero-order valence-corrected chi connectivity index (χ0v) is 12.1. The molecule has 0 spiro atoms. The SMILES string of the molecule is C=C(C)CC(NC)C1(c2ccccc2)CCOCC1. The van der Waals surface area contributed by atoms with Crippen LogP contribution in [-0.2, 0) is 10.2 Å². The van der Waals surface area contributed by atoms with Gasteiger partial charge in [-0.2, -0.15) is 0 Å². The van der Waals surface area contributed by atoms with Crippen molar-refractivity contribution in [2.75, 3.05) is 20.3 Å². The van der Waals surface area contributed by atoms with Gasteiger partial charge in [-0.15, -0.1) is 6.58 Å². The molecule has 1 aliphatic heterocycles. The molecule has 19 heavy (non-hydrogen) atoms. The van der Waals surface area contributed by atoms with E-state index in [4.69, 9.17) is 4.74 Å². The molecule has 0 bridgehead atoms. The fraction of sp³-hybridized carbons (Fsp3) is 0.529. The fourth-order valence-electron chi connectivity index (χ4n) is 3.27. The number of likely N-dealkylation sites (N-methyl/N-ethyl adjacent to an activating group) is 1. The maximum absolute atomic E-state index is 5.60. The first-order chi connectivity index (χ1) is 9.19. The van der Waals surface area contributed by atoms with Gasteiger partial charge in [-0.1, -0.05) is 35.9 Å². The molecule has 1 N–H and O–H groups in total. The monoisotopic (exact) mass is 259 g/mol. The van der Waals surface area contributed by atoms with Crippen molar-refractivity contribution in [3.05, 3.63) is 48.0 Å². The molecule has 1 fully saturated rings. The van der Waals surface area contributed by atoms with Crippen LogP contribution in [0.4, 0.5) is 0 Å². The molecular formula is C17H25NO. The lowest BCUT2D eigenvalue weighted by Crippen LogP contribution is -2.50. The van der Waals surface area contributed by atoms with E-state index in [0.717, 1.165) is 32.5 Å². The predicted octanol–water partition coefficient (Wildman–Crippen LogP) is 3.29. The Morgan fingerprint density at radius 1 is 1.32 bits per heavy atom. The van der Waals surface area contributed by atoms with Crippen LogP contribution in [0, 0.1) is 0 Å². The number of benzene rings is 1. The second-order valence-corrected chi connectivity index (χ2v) is 5.64. The molecule has 2 nitrogen and oxygen atoms in total. The third-order valence-corrected chi connectivity index (χ3v) is 4.30. The Morgan fingerprint density at radius 3 is 2.47 bits per heavy atom. The lowest BCUT2D eigenvalue weighted by atomic mass is 9.67. The van der Waals surface area contributed by atoms with Crippen molar-refractivity contribution in [2.24, 2.45) is 0 Å². The van der Waals surface area contributed by atoms with Gasteiger partial charge in [-0.25, -0.2) is 0 Å². The van der Waals surface area contributed by atoms with Crippen LogP contribution in [0.3, 0.4) is 0 Å². The first-order valence-corrected chi connectivity index (χ1v) is 7.14. The van der Waals surface area contributed by atoms with Gasteiger partial charge < -0.3 is 10.1 Å². The minimum absolute atomic E-state index is 0.174. The van der Waals surface area contributed by atoms with Crippen LogP contribution in [0.15, 0.2) is 42.5 Å². The maximum Gasteiger partial charge on any atom is 0.0475 e. The van der Waals surface area contributed by atoms with Gasteiger partial charge in [0, 0.05) is 24.7 Å². The molecule has 0 aliphatic carbocycles. The quantitative estimate of drug-likeness (QED) is 0.819. The molecule has 104 valence electrons.